The zero-order valence-corrected chi connectivity index (χ0v) is 10.4. The molecule has 0 unspecified atom stereocenters. The van der Waals surface area contributed by atoms with E-state index in [-0.39, 0.29) is 5.69 Å². The molecule has 2 heterocycles. The third kappa shape index (κ3) is 1.94. The van der Waals surface area contributed by atoms with Crippen molar-refractivity contribution >= 4 is 33.6 Å². The van der Waals surface area contributed by atoms with Crippen molar-refractivity contribution < 1.29 is 9.53 Å². The molecule has 2 aromatic heterocycles. The molecule has 0 aliphatic rings. The minimum Gasteiger partial charge on any atom is -0.464 e. The summed E-state index contributed by atoms with van der Waals surface area (Å²) in [5.41, 5.74) is 5.92. The molecule has 0 aliphatic carbocycles. The van der Waals surface area contributed by atoms with E-state index in [1.165, 1.54) is 23.3 Å². The summed E-state index contributed by atoms with van der Waals surface area (Å²) in [7, 11) is 1.32. The predicted molar refractivity (Wildman–Crippen MR) is 65.9 cm³/mol. The largest absolute Gasteiger partial charge is 0.464 e. The summed E-state index contributed by atoms with van der Waals surface area (Å²) in [6.07, 6.45) is 0. The lowest BCUT2D eigenvalue weighted by molar-refractivity contribution is 0.0596. The smallest absolute Gasteiger partial charge is 0.359 e. The Bertz CT molecular complexity index is 531. The van der Waals surface area contributed by atoms with Gasteiger partial charge in [-0.25, -0.2) is 9.78 Å². The summed E-state index contributed by atoms with van der Waals surface area (Å²) in [4.78, 5) is 17.7. The number of hydrogen-bond donors (Lipinski definition) is 1. The van der Waals surface area contributed by atoms with Gasteiger partial charge in [0.05, 0.1) is 12.0 Å². The van der Waals surface area contributed by atoms with E-state index in [0.29, 0.717) is 5.00 Å². The first-order valence-corrected chi connectivity index (χ1v) is 6.16. The molecule has 0 spiro atoms. The number of thiophene rings is 1. The van der Waals surface area contributed by atoms with Crippen LogP contribution in [0.2, 0.25) is 0 Å². The Balaban J connectivity index is 2.41. The molecule has 2 aromatic rings. The van der Waals surface area contributed by atoms with Crippen LogP contribution in [0.4, 0.5) is 5.00 Å². The van der Waals surface area contributed by atoms with Crippen molar-refractivity contribution in [1.82, 2.24) is 4.98 Å². The van der Waals surface area contributed by atoms with Crippen molar-refractivity contribution in [3.05, 3.63) is 22.7 Å². The summed E-state index contributed by atoms with van der Waals surface area (Å²) in [6.45, 7) is 2.02. The molecule has 2 rings (SSSR count). The quantitative estimate of drug-likeness (QED) is 0.836. The van der Waals surface area contributed by atoms with Crippen LogP contribution >= 0.6 is 22.7 Å². The number of ether oxygens (including phenoxy) is 1. The van der Waals surface area contributed by atoms with E-state index < -0.39 is 5.97 Å². The van der Waals surface area contributed by atoms with E-state index in [1.807, 2.05) is 19.1 Å². The number of aromatic nitrogens is 1. The lowest BCUT2D eigenvalue weighted by Crippen LogP contribution is -2.04. The number of carbonyl (C=O) groups is 1. The monoisotopic (exact) mass is 254 g/mol. The van der Waals surface area contributed by atoms with E-state index in [2.05, 4.69) is 9.72 Å². The number of nitrogens with two attached hydrogens (primary N) is 1. The van der Waals surface area contributed by atoms with Crippen LogP contribution in [0.5, 0.6) is 0 Å². The number of aryl methyl sites for hydroxylation is 1. The molecule has 0 bridgehead atoms. The maximum Gasteiger partial charge on any atom is 0.359 e. The predicted octanol–water partition coefficient (Wildman–Crippen LogP) is 2.55. The molecular weight excluding hydrogens is 244 g/mol. The lowest BCUT2D eigenvalue weighted by Gasteiger charge is -1.93. The Morgan fingerprint density at radius 1 is 1.44 bits per heavy atom. The molecule has 2 N–H and O–H groups in total. The Labute approximate surface area is 101 Å². The number of hydrogen-bond acceptors (Lipinski definition) is 6. The second-order valence-electron chi connectivity index (χ2n) is 3.13. The van der Waals surface area contributed by atoms with Crippen LogP contribution in [0.15, 0.2) is 12.1 Å². The van der Waals surface area contributed by atoms with Crippen molar-refractivity contribution in [2.75, 3.05) is 12.8 Å². The second-order valence-corrected chi connectivity index (χ2v) is 5.45. The average molecular weight is 254 g/mol. The molecule has 0 aromatic carbocycles. The minimum atomic E-state index is -0.492. The van der Waals surface area contributed by atoms with E-state index in [0.717, 1.165) is 9.88 Å². The zero-order chi connectivity index (χ0) is 11.7. The van der Waals surface area contributed by atoms with E-state index in [4.69, 9.17) is 5.73 Å². The van der Waals surface area contributed by atoms with Crippen LogP contribution in [0.25, 0.3) is 9.88 Å². The maximum atomic E-state index is 11.3. The van der Waals surface area contributed by atoms with Crippen molar-refractivity contribution in [3.63, 3.8) is 0 Å². The summed E-state index contributed by atoms with van der Waals surface area (Å²) < 4.78 is 4.60. The van der Waals surface area contributed by atoms with Gasteiger partial charge in [-0.05, 0) is 19.1 Å². The number of nitrogen functional groups attached to an aromatic ring is 1. The molecule has 0 saturated heterocycles. The van der Waals surface area contributed by atoms with Gasteiger partial charge in [0.25, 0.3) is 0 Å². The molecule has 0 fully saturated rings. The van der Waals surface area contributed by atoms with E-state index in [1.54, 1.807) is 11.3 Å². The van der Waals surface area contributed by atoms with Crippen LogP contribution in [-0.4, -0.2) is 18.1 Å². The Morgan fingerprint density at radius 3 is 2.75 bits per heavy atom. The molecule has 4 nitrogen and oxygen atoms in total. The van der Waals surface area contributed by atoms with Crippen LogP contribution < -0.4 is 5.73 Å². The number of thiazole rings is 1. The van der Waals surface area contributed by atoms with Crippen molar-refractivity contribution in [2.24, 2.45) is 0 Å². The summed E-state index contributed by atoms with van der Waals surface area (Å²) >= 11 is 2.92. The highest BCUT2D eigenvalue weighted by molar-refractivity contribution is 7.24. The first kappa shape index (κ1) is 11.1. The fourth-order valence-electron chi connectivity index (χ4n) is 1.23. The average Bonchev–Trinajstić information content (AvgIpc) is 2.83. The second kappa shape index (κ2) is 4.23. The van der Waals surface area contributed by atoms with Crippen LogP contribution in [0.1, 0.15) is 15.4 Å². The van der Waals surface area contributed by atoms with Gasteiger partial charge in [0.2, 0.25) is 0 Å². The number of anilines is 1. The maximum absolute atomic E-state index is 11.3. The molecule has 0 amide bonds. The van der Waals surface area contributed by atoms with Gasteiger partial charge >= 0.3 is 5.97 Å². The molecule has 16 heavy (non-hydrogen) atoms. The minimum absolute atomic E-state index is 0.202. The normalized spacial score (nSPS) is 10.4. The number of rotatable bonds is 2. The highest BCUT2D eigenvalue weighted by Gasteiger charge is 2.17. The van der Waals surface area contributed by atoms with Gasteiger partial charge in [0.1, 0.15) is 10.0 Å². The number of carbonyl (C=O) groups excluding carboxylic acids is 1. The van der Waals surface area contributed by atoms with Gasteiger partial charge in [-0.1, -0.05) is 11.3 Å². The molecular formula is C10H10N2O2S2. The first-order chi connectivity index (χ1) is 7.61. The number of methoxy groups -OCH3 is 1. The van der Waals surface area contributed by atoms with Gasteiger partial charge in [0.15, 0.2) is 5.69 Å². The van der Waals surface area contributed by atoms with Crippen molar-refractivity contribution in [1.29, 1.82) is 0 Å². The summed E-state index contributed by atoms with van der Waals surface area (Å²) in [6, 6.07) is 3.98. The molecule has 0 saturated carbocycles. The van der Waals surface area contributed by atoms with Crippen molar-refractivity contribution in [2.45, 2.75) is 6.92 Å². The summed E-state index contributed by atoms with van der Waals surface area (Å²) in [5, 5.41) is 1.16. The highest BCUT2D eigenvalue weighted by atomic mass is 32.1. The van der Waals surface area contributed by atoms with Crippen molar-refractivity contribution in [3.8, 4) is 9.88 Å². The Morgan fingerprint density at radius 2 is 2.19 bits per heavy atom. The first-order valence-electron chi connectivity index (χ1n) is 4.53. The topological polar surface area (TPSA) is 65.2 Å². The Kier molecular flexibility index (Phi) is 2.93. The van der Waals surface area contributed by atoms with Gasteiger partial charge in [-0.3, -0.25) is 0 Å². The highest BCUT2D eigenvalue weighted by Crippen LogP contribution is 2.34. The SMILES string of the molecule is COC(=O)c1nc(-c2ccc(C)s2)sc1N. The molecule has 6 heteroatoms. The third-order valence-corrected chi connectivity index (χ3v) is 4.04. The Hall–Kier alpha value is -1.40. The lowest BCUT2D eigenvalue weighted by atomic mass is 10.4. The molecule has 0 atom stereocenters. The van der Waals surface area contributed by atoms with E-state index >= 15 is 0 Å². The number of nitrogens with zero attached hydrogens (tertiary/aromatic N) is 1. The van der Waals surface area contributed by atoms with Gasteiger partial charge in [-0.15, -0.1) is 11.3 Å². The number of esters is 1. The standard InChI is InChI=1S/C10H10N2O2S2/c1-5-3-4-6(15-5)9-12-7(8(11)16-9)10(13)14-2/h3-4H,11H2,1-2H3. The van der Waals surface area contributed by atoms with Gasteiger partial charge < -0.3 is 10.5 Å². The fraction of sp³-hybridized carbons (Fsp3) is 0.200. The molecule has 0 radical (unpaired) electrons. The molecule has 0 aliphatic heterocycles. The third-order valence-electron chi connectivity index (χ3n) is 1.98. The van der Waals surface area contributed by atoms with Crippen LogP contribution in [0, 0.1) is 6.92 Å². The molecule has 84 valence electrons. The van der Waals surface area contributed by atoms with Crippen LogP contribution in [0.3, 0.4) is 0 Å². The fourth-order valence-corrected chi connectivity index (χ4v) is 2.97. The van der Waals surface area contributed by atoms with Gasteiger partial charge in [-0.2, -0.15) is 0 Å². The van der Waals surface area contributed by atoms with E-state index in [9.17, 15) is 4.79 Å². The van der Waals surface area contributed by atoms with Crippen LogP contribution in [-0.2, 0) is 4.74 Å². The summed E-state index contributed by atoms with van der Waals surface area (Å²) in [5.74, 6) is -0.492. The van der Waals surface area contributed by atoms with Gasteiger partial charge in [0, 0.05) is 4.88 Å². The zero-order valence-electron chi connectivity index (χ0n) is 8.81.